The number of hydrogen-bond donors (Lipinski definition) is 2. The van der Waals surface area contributed by atoms with Gasteiger partial charge in [0.05, 0.1) is 11.6 Å². The van der Waals surface area contributed by atoms with Crippen molar-refractivity contribution in [3.63, 3.8) is 0 Å². The molecule has 1 aromatic rings. The molecular formula is C12H17N3O2S. The van der Waals surface area contributed by atoms with Gasteiger partial charge in [0.15, 0.2) is 0 Å². The average Bonchev–Trinajstić information content (AvgIpc) is 2.75. The molecule has 1 aliphatic heterocycles. The number of carbonyl (C=O) groups is 2. The molecule has 4 N–H and O–H groups in total. The molecule has 1 aromatic heterocycles. The molecule has 2 unspecified atom stereocenters. The molecule has 5 nitrogen and oxygen atoms in total. The lowest BCUT2D eigenvalue weighted by atomic mass is 9.93. The van der Waals surface area contributed by atoms with Crippen LogP contribution < -0.4 is 11.5 Å². The minimum atomic E-state index is -0.334. The van der Waals surface area contributed by atoms with Gasteiger partial charge in [0.2, 0.25) is 5.91 Å². The first kappa shape index (κ1) is 12.9. The number of thiophene rings is 1. The van der Waals surface area contributed by atoms with E-state index in [4.69, 9.17) is 11.5 Å². The first-order valence-corrected chi connectivity index (χ1v) is 6.82. The van der Waals surface area contributed by atoms with Crippen LogP contribution in [0.1, 0.15) is 29.4 Å². The maximum atomic E-state index is 12.4. The van der Waals surface area contributed by atoms with Gasteiger partial charge >= 0.3 is 0 Å². The molecule has 0 aromatic carbocycles. The number of nitrogen functional groups attached to an aromatic ring is 1. The number of nitrogens with zero attached hydrogens (tertiary/aromatic N) is 1. The van der Waals surface area contributed by atoms with E-state index in [1.807, 2.05) is 6.92 Å². The number of rotatable bonds is 2. The molecule has 0 bridgehead atoms. The molecule has 0 radical (unpaired) electrons. The van der Waals surface area contributed by atoms with E-state index in [0.717, 1.165) is 12.8 Å². The summed E-state index contributed by atoms with van der Waals surface area (Å²) in [6.07, 6.45) is 1.55. The van der Waals surface area contributed by atoms with E-state index in [1.165, 1.54) is 11.3 Å². The molecular weight excluding hydrogens is 250 g/mol. The number of carbonyl (C=O) groups excluding carboxylic acids is 2. The molecule has 1 fully saturated rings. The van der Waals surface area contributed by atoms with Gasteiger partial charge in [0.25, 0.3) is 5.91 Å². The molecule has 2 rings (SSSR count). The fraction of sp³-hybridized carbons (Fsp3) is 0.500. The standard InChI is InChI=1S/C12H17N3O2S/c1-7-2-3-8(11(14)16)6-15(7)12(17)10-9(13)4-5-18-10/h4-5,7-8H,2-3,6,13H2,1H3,(H2,14,16). The number of hydrogen-bond acceptors (Lipinski definition) is 4. The minimum absolute atomic E-state index is 0.0963. The van der Waals surface area contributed by atoms with Crippen molar-refractivity contribution >= 4 is 28.8 Å². The van der Waals surface area contributed by atoms with Crippen LogP contribution in [0.15, 0.2) is 11.4 Å². The summed E-state index contributed by atoms with van der Waals surface area (Å²) >= 11 is 1.33. The SMILES string of the molecule is CC1CCC(C(N)=O)CN1C(=O)c1sccc1N. The van der Waals surface area contributed by atoms with E-state index >= 15 is 0 Å². The van der Waals surface area contributed by atoms with E-state index < -0.39 is 0 Å². The predicted molar refractivity (Wildman–Crippen MR) is 71.1 cm³/mol. The summed E-state index contributed by atoms with van der Waals surface area (Å²) in [6.45, 7) is 2.38. The van der Waals surface area contributed by atoms with Crippen LogP contribution in [0.25, 0.3) is 0 Å². The smallest absolute Gasteiger partial charge is 0.266 e. The highest BCUT2D eigenvalue weighted by Crippen LogP contribution is 2.27. The molecule has 1 aliphatic rings. The third-order valence-electron chi connectivity index (χ3n) is 3.44. The van der Waals surface area contributed by atoms with Crippen LogP contribution in [-0.2, 0) is 4.79 Å². The van der Waals surface area contributed by atoms with Crippen molar-refractivity contribution in [1.29, 1.82) is 0 Å². The highest BCUT2D eigenvalue weighted by atomic mass is 32.1. The molecule has 1 saturated heterocycles. The van der Waals surface area contributed by atoms with Crippen LogP contribution in [0.5, 0.6) is 0 Å². The van der Waals surface area contributed by atoms with Crippen LogP contribution in [0.3, 0.4) is 0 Å². The molecule has 2 heterocycles. The summed E-state index contributed by atoms with van der Waals surface area (Å²) < 4.78 is 0. The summed E-state index contributed by atoms with van der Waals surface area (Å²) in [6, 6.07) is 1.84. The van der Waals surface area contributed by atoms with Crippen molar-refractivity contribution in [2.24, 2.45) is 11.7 Å². The Bertz CT molecular complexity index is 472. The van der Waals surface area contributed by atoms with Gasteiger partial charge in [-0.15, -0.1) is 11.3 Å². The van der Waals surface area contributed by atoms with Crippen molar-refractivity contribution in [1.82, 2.24) is 4.90 Å². The van der Waals surface area contributed by atoms with Crippen molar-refractivity contribution in [2.45, 2.75) is 25.8 Å². The Hall–Kier alpha value is -1.56. The van der Waals surface area contributed by atoms with Gasteiger partial charge in [0, 0.05) is 12.6 Å². The predicted octanol–water partition coefficient (Wildman–Crippen LogP) is 1.06. The minimum Gasteiger partial charge on any atom is -0.397 e. The highest BCUT2D eigenvalue weighted by molar-refractivity contribution is 7.12. The van der Waals surface area contributed by atoms with Crippen molar-refractivity contribution in [3.8, 4) is 0 Å². The van der Waals surface area contributed by atoms with Gasteiger partial charge in [0.1, 0.15) is 4.88 Å². The quantitative estimate of drug-likeness (QED) is 0.839. The van der Waals surface area contributed by atoms with Crippen molar-refractivity contribution in [3.05, 3.63) is 16.3 Å². The van der Waals surface area contributed by atoms with Gasteiger partial charge in [-0.25, -0.2) is 0 Å². The van der Waals surface area contributed by atoms with E-state index in [2.05, 4.69) is 0 Å². The second-order valence-electron chi connectivity index (χ2n) is 4.69. The Morgan fingerprint density at radius 2 is 2.17 bits per heavy atom. The lowest BCUT2D eigenvalue weighted by Gasteiger charge is -2.36. The molecule has 98 valence electrons. The second kappa shape index (κ2) is 4.97. The zero-order chi connectivity index (χ0) is 13.3. The summed E-state index contributed by atoms with van der Waals surface area (Å²) in [4.78, 5) is 25.9. The molecule has 18 heavy (non-hydrogen) atoms. The summed E-state index contributed by atoms with van der Waals surface area (Å²) in [5.41, 5.74) is 11.6. The summed E-state index contributed by atoms with van der Waals surface area (Å²) in [7, 11) is 0. The average molecular weight is 267 g/mol. The molecule has 0 aliphatic carbocycles. The zero-order valence-corrected chi connectivity index (χ0v) is 11.1. The number of anilines is 1. The third kappa shape index (κ3) is 2.33. The molecule has 2 amide bonds. The molecule has 0 spiro atoms. The van der Waals surface area contributed by atoms with E-state index in [0.29, 0.717) is 17.1 Å². The maximum absolute atomic E-state index is 12.4. The number of amides is 2. The van der Waals surface area contributed by atoms with Crippen LogP contribution >= 0.6 is 11.3 Å². The Morgan fingerprint density at radius 1 is 1.44 bits per heavy atom. The third-order valence-corrected chi connectivity index (χ3v) is 4.35. The van der Waals surface area contributed by atoms with Crippen LogP contribution in [-0.4, -0.2) is 29.3 Å². The number of likely N-dealkylation sites (tertiary alicyclic amines) is 1. The van der Waals surface area contributed by atoms with Crippen LogP contribution in [0, 0.1) is 5.92 Å². The van der Waals surface area contributed by atoms with Gasteiger partial charge in [-0.3, -0.25) is 9.59 Å². The fourth-order valence-electron chi connectivity index (χ4n) is 2.25. The highest BCUT2D eigenvalue weighted by Gasteiger charge is 2.33. The normalized spacial score (nSPS) is 23.9. The van der Waals surface area contributed by atoms with Crippen LogP contribution in [0.4, 0.5) is 5.69 Å². The number of piperidine rings is 1. The largest absolute Gasteiger partial charge is 0.397 e. The Balaban J connectivity index is 2.18. The van der Waals surface area contributed by atoms with Crippen molar-refractivity contribution < 1.29 is 9.59 Å². The first-order valence-electron chi connectivity index (χ1n) is 5.94. The molecule has 2 atom stereocenters. The summed E-state index contributed by atoms with van der Waals surface area (Å²) in [5, 5.41) is 1.79. The zero-order valence-electron chi connectivity index (χ0n) is 10.3. The topological polar surface area (TPSA) is 89.4 Å². The summed E-state index contributed by atoms with van der Waals surface area (Å²) in [5.74, 6) is -0.675. The number of primary amides is 1. The first-order chi connectivity index (χ1) is 8.50. The Kier molecular flexibility index (Phi) is 3.56. The Morgan fingerprint density at radius 3 is 2.72 bits per heavy atom. The second-order valence-corrected chi connectivity index (χ2v) is 5.60. The van der Waals surface area contributed by atoms with Gasteiger partial charge in [-0.1, -0.05) is 0 Å². The van der Waals surface area contributed by atoms with E-state index in [1.54, 1.807) is 16.3 Å². The fourth-order valence-corrected chi connectivity index (χ4v) is 3.02. The monoisotopic (exact) mass is 267 g/mol. The van der Waals surface area contributed by atoms with Crippen molar-refractivity contribution in [2.75, 3.05) is 12.3 Å². The number of nitrogens with two attached hydrogens (primary N) is 2. The van der Waals surface area contributed by atoms with Gasteiger partial charge in [-0.05, 0) is 31.2 Å². The van der Waals surface area contributed by atoms with Gasteiger partial charge in [-0.2, -0.15) is 0 Å². The van der Waals surface area contributed by atoms with Gasteiger partial charge < -0.3 is 16.4 Å². The van der Waals surface area contributed by atoms with Crippen LogP contribution in [0.2, 0.25) is 0 Å². The van der Waals surface area contributed by atoms with E-state index in [9.17, 15) is 9.59 Å². The van der Waals surface area contributed by atoms with E-state index in [-0.39, 0.29) is 23.8 Å². The molecule has 0 saturated carbocycles. The Labute approximate surface area is 110 Å². The lowest BCUT2D eigenvalue weighted by Crippen LogP contribution is -2.48. The maximum Gasteiger partial charge on any atom is 0.266 e. The lowest BCUT2D eigenvalue weighted by molar-refractivity contribution is -0.123. The molecule has 6 heteroatoms.